The van der Waals surface area contributed by atoms with Gasteiger partial charge in [0.2, 0.25) is 0 Å². The van der Waals surface area contributed by atoms with E-state index in [-0.39, 0.29) is 17.3 Å². The molecular formula is C14H20BrNO2S. The van der Waals surface area contributed by atoms with Crippen LogP contribution in [0.15, 0.2) is 28.7 Å². The lowest BCUT2D eigenvalue weighted by atomic mass is 9.71. The molecule has 1 fully saturated rings. The predicted octanol–water partition coefficient (Wildman–Crippen LogP) is 2.85. The molecule has 1 aromatic carbocycles. The normalized spacial score (nSPS) is 19.7. The van der Waals surface area contributed by atoms with E-state index in [1.54, 1.807) is 0 Å². The molecule has 1 aliphatic rings. The van der Waals surface area contributed by atoms with Crippen LogP contribution in [0.2, 0.25) is 0 Å². The van der Waals surface area contributed by atoms with E-state index in [0.29, 0.717) is 0 Å². The highest BCUT2D eigenvalue weighted by molar-refractivity contribution is 9.10. The number of hydrogen-bond acceptors (Lipinski definition) is 3. The molecule has 0 aliphatic heterocycles. The molecule has 0 unspecified atom stereocenters. The van der Waals surface area contributed by atoms with Crippen molar-refractivity contribution < 1.29 is 8.42 Å². The van der Waals surface area contributed by atoms with Gasteiger partial charge in [0.05, 0.1) is 5.75 Å². The minimum atomic E-state index is -2.94. The Morgan fingerprint density at radius 1 is 1.42 bits per heavy atom. The first-order chi connectivity index (χ1) is 8.81. The smallest absolute Gasteiger partial charge is 0.148 e. The third-order valence-corrected chi connectivity index (χ3v) is 5.26. The van der Waals surface area contributed by atoms with Crippen molar-refractivity contribution in [1.29, 1.82) is 0 Å². The summed E-state index contributed by atoms with van der Waals surface area (Å²) >= 11 is 3.50. The summed E-state index contributed by atoms with van der Waals surface area (Å²) < 4.78 is 23.8. The summed E-state index contributed by atoms with van der Waals surface area (Å²) in [5.41, 5.74) is 1.20. The first kappa shape index (κ1) is 15.0. The molecule has 5 heteroatoms. The maximum absolute atomic E-state index is 11.4. The van der Waals surface area contributed by atoms with Crippen LogP contribution < -0.4 is 5.32 Å². The highest BCUT2D eigenvalue weighted by Gasteiger charge is 2.39. The van der Waals surface area contributed by atoms with Gasteiger partial charge in [-0.05, 0) is 43.9 Å². The Morgan fingerprint density at radius 3 is 2.58 bits per heavy atom. The minimum absolute atomic E-state index is 0.0331. The quantitative estimate of drug-likeness (QED) is 0.892. The Balaban J connectivity index is 2.15. The second-order valence-electron chi connectivity index (χ2n) is 5.58. The molecule has 1 atom stereocenters. The van der Waals surface area contributed by atoms with Crippen molar-refractivity contribution in [1.82, 2.24) is 5.32 Å². The molecule has 0 saturated heterocycles. The van der Waals surface area contributed by atoms with Crippen molar-refractivity contribution in [2.75, 3.05) is 12.0 Å². The summed E-state index contributed by atoms with van der Waals surface area (Å²) in [7, 11) is -2.94. The third kappa shape index (κ3) is 3.80. The number of hydrogen-bond donors (Lipinski definition) is 1. The largest absolute Gasteiger partial charge is 0.304 e. The fourth-order valence-electron chi connectivity index (χ4n) is 2.80. The highest BCUT2D eigenvalue weighted by Crippen LogP contribution is 2.42. The van der Waals surface area contributed by atoms with Gasteiger partial charge in [-0.1, -0.05) is 28.1 Å². The zero-order valence-corrected chi connectivity index (χ0v) is 13.7. The molecule has 3 nitrogen and oxygen atoms in total. The van der Waals surface area contributed by atoms with Crippen LogP contribution >= 0.6 is 15.9 Å². The van der Waals surface area contributed by atoms with Crippen molar-refractivity contribution in [3.05, 3.63) is 34.3 Å². The monoisotopic (exact) mass is 345 g/mol. The van der Waals surface area contributed by atoms with E-state index < -0.39 is 9.84 Å². The number of rotatable bonds is 5. The average Bonchev–Trinajstić information content (AvgIpc) is 2.21. The van der Waals surface area contributed by atoms with Gasteiger partial charge in [0.1, 0.15) is 9.84 Å². The van der Waals surface area contributed by atoms with Gasteiger partial charge in [0.15, 0.2) is 0 Å². The van der Waals surface area contributed by atoms with Gasteiger partial charge in [-0.3, -0.25) is 0 Å². The number of sulfone groups is 1. The zero-order chi connectivity index (χ0) is 14.1. The fraction of sp³-hybridized carbons (Fsp3) is 0.571. The summed E-state index contributed by atoms with van der Waals surface area (Å²) in [6, 6.07) is 8.25. The van der Waals surface area contributed by atoms with Crippen LogP contribution in [-0.4, -0.2) is 26.5 Å². The Hall–Kier alpha value is -0.390. The summed E-state index contributed by atoms with van der Waals surface area (Å²) in [5.74, 6) is 0.183. The van der Waals surface area contributed by atoms with Crippen molar-refractivity contribution in [2.45, 2.75) is 37.8 Å². The third-order valence-electron chi connectivity index (χ3n) is 3.66. The summed E-state index contributed by atoms with van der Waals surface area (Å²) in [4.78, 5) is 0. The van der Waals surface area contributed by atoms with Crippen LogP contribution in [0, 0.1) is 0 Å². The molecule has 0 bridgehead atoms. The summed E-state index contributed by atoms with van der Waals surface area (Å²) in [5, 5.41) is 3.53. The van der Waals surface area contributed by atoms with E-state index in [9.17, 15) is 8.42 Å². The Kier molecular flexibility index (Phi) is 4.38. The number of halogens is 1. The zero-order valence-electron chi connectivity index (χ0n) is 11.3. The van der Waals surface area contributed by atoms with Gasteiger partial charge in [0, 0.05) is 22.3 Å². The van der Waals surface area contributed by atoms with E-state index in [1.165, 1.54) is 18.2 Å². The maximum Gasteiger partial charge on any atom is 0.148 e. The second kappa shape index (κ2) is 5.54. The molecule has 106 valence electrons. The lowest BCUT2D eigenvalue weighted by Gasteiger charge is -2.45. The van der Waals surface area contributed by atoms with Crippen LogP contribution in [-0.2, 0) is 15.4 Å². The standard InChI is InChI=1S/C14H20BrNO2S/c1-11(10-19(2,17)18)16-14(7-4-8-14)12-5-3-6-13(15)9-12/h3,5-6,9,11,16H,4,7-8,10H2,1-2H3/t11-/m0/s1. The van der Waals surface area contributed by atoms with E-state index >= 15 is 0 Å². The first-order valence-corrected chi connectivity index (χ1v) is 9.38. The Labute approximate surface area is 123 Å². The highest BCUT2D eigenvalue weighted by atomic mass is 79.9. The molecular weight excluding hydrogens is 326 g/mol. The van der Waals surface area contributed by atoms with Gasteiger partial charge < -0.3 is 5.32 Å². The average molecular weight is 346 g/mol. The van der Waals surface area contributed by atoms with Gasteiger partial charge >= 0.3 is 0 Å². The topological polar surface area (TPSA) is 46.2 Å². The van der Waals surface area contributed by atoms with Crippen LogP contribution in [0.1, 0.15) is 31.7 Å². The van der Waals surface area contributed by atoms with Crippen molar-refractivity contribution in [3.63, 3.8) is 0 Å². The summed E-state index contributed by atoms with van der Waals surface area (Å²) in [6.07, 6.45) is 4.61. The molecule has 2 rings (SSSR count). The van der Waals surface area contributed by atoms with Crippen LogP contribution in [0.25, 0.3) is 0 Å². The number of benzene rings is 1. The molecule has 0 spiro atoms. The SMILES string of the molecule is C[C@@H](CS(C)(=O)=O)NC1(c2cccc(Br)c2)CCC1. The minimum Gasteiger partial charge on any atom is -0.304 e. The molecule has 0 heterocycles. The molecule has 0 radical (unpaired) electrons. The van der Waals surface area contributed by atoms with Crippen molar-refractivity contribution >= 4 is 25.8 Å². The molecule has 1 N–H and O–H groups in total. The van der Waals surface area contributed by atoms with E-state index in [1.807, 2.05) is 19.1 Å². The van der Waals surface area contributed by atoms with Gasteiger partial charge in [-0.25, -0.2) is 8.42 Å². The van der Waals surface area contributed by atoms with Crippen molar-refractivity contribution in [2.24, 2.45) is 0 Å². The lowest BCUT2D eigenvalue weighted by molar-refractivity contribution is 0.171. The lowest BCUT2D eigenvalue weighted by Crippen LogP contribution is -2.53. The van der Waals surface area contributed by atoms with Gasteiger partial charge in [-0.15, -0.1) is 0 Å². The van der Waals surface area contributed by atoms with Crippen LogP contribution in [0.4, 0.5) is 0 Å². The van der Waals surface area contributed by atoms with Gasteiger partial charge in [-0.2, -0.15) is 0 Å². The molecule has 0 amide bonds. The Bertz CT molecular complexity index is 552. The van der Waals surface area contributed by atoms with E-state index in [4.69, 9.17) is 0 Å². The second-order valence-corrected chi connectivity index (χ2v) is 8.68. The molecule has 0 aromatic heterocycles. The summed E-state index contributed by atoms with van der Waals surface area (Å²) in [6.45, 7) is 1.94. The fourth-order valence-corrected chi connectivity index (χ4v) is 4.19. The predicted molar refractivity (Wildman–Crippen MR) is 82.0 cm³/mol. The Morgan fingerprint density at radius 2 is 2.11 bits per heavy atom. The molecule has 19 heavy (non-hydrogen) atoms. The van der Waals surface area contributed by atoms with E-state index in [2.05, 4.69) is 33.4 Å². The van der Waals surface area contributed by atoms with E-state index in [0.717, 1.165) is 17.3 Å². The molecule has 1 aliphatic carbocycles. The van der Waals surface area contributed by atoms with Crippen LogP contribution in [0.3, 0.4) is 0 Å². The van der Waals surface area contributed by atoms with Gasteiger partial charge in [0.25, 0.3) is 0 Å². The number of nitrogens with one attached hydrogen (secondary N) is 1. The first-order valence-electron chi connectivity index (χ1n) is 6.52. The maximum atomic E-state index is 11.4. The molecule has 1 saturated carbocycles. The van der Waals surface area contributed by atoms with Crippen LogP contribution in [0.5, 0.6) is 0 Å². The molecule has 1 aromatic rings. The van der Waals surface area contributed by atoms with Crippen molar-refractivity contribution in [3.8, 4) is 0 Å².